The molecule has 84 valence electrons. The van der Waals surface area contributed by atoms with Crippen LogP contribution in [-0.2, 0) is 11.3 Å². The molecule has 0 aliphatic carbocycles. The highest BCUT2D eigenvalue weighted by atomic mass is 16.6. The van der Waals surface area contributed by atoms with Gasteiger partial charge < -0.3 is 9.47 Å². The molecule has 0 fully saturated rings. The van der Waals surface area contributed by atoms with Gasteiger partial charge in [-0.05, 0) is 31.0 Å². The average Bonchev–Trinajstić information content (AvgIpc) is 2.30. The fourth-order valence-electron chi connectivity index (χ4n) is 1.79. The van der Waals surface area contributed by atoms with Crippen LogP contribution in [0.2, 0.25) is 0 Å². The summed E-state index contributed by atoms with van der Waals surface area (Å²) in [6, 6.07) is 1.96. The molecule has 0 bridgehead atoms. The summed E-state index contributed by atoms with van der Waals surface area (Å²) >= 11 is 0. The maximum absolute atomic E-state index is 10.2. The molecule has 0 aromatic heterocycles. The zero-order valence-electron chi connectivity index (χ0n) is 9.37. The van der Waals surface area contributed by atoms with Gasteiger partial charge >= 0.3 is 0 Å². The number of benzene rings is 1. The van der Waals surface area contributed by atoms with Gasteiger partial charge in [0.15, 0.2) is 11.5 Å². The molecule has 0 unspecified atom stereocenters. The Morgan fingerprint density at radius 3 is 2.88 bits per heavy atom. The second kappa shape index (κ2) is 4.37. The van der Waals surface area contributed by atoms with Crippen LogP contribution in [-0.4, -0.2) is 19.3 Å². The van der Waals surface area contributed by atoms with Crippen molar-refractivity contribution in [1.82, 2.24) is 0 Å². The molecule has 1 aromatic rings. The molecule has 0 saturated carbocycles. The van der Waals surface area contributed by atoms with E-state index in [1.165, 1.54) is 0 Å². The smallest absolute Gasteiger partial charge is 0.235 e. The first-order chi connectivity index (χ1) is 7.74. The summed E-state index contributed by atoms with van der Waals surface area (Å²) in [5, 5.41) is 0. The van der Waals surface area contributed by atoms with Crippen molar-refractivity contribution in [3.05, 3.63) is 22.8 Å². The minimum absolute atomic E-state index is 0.294. The van der Waals surface area contributed by atoms with Crippen LogP contribution in [0.15, 0.2) is 11.1 Å². The lowest BCUT2D eigenvalue weighted by molar-refractivity contribution is 0.169. The Morgan fingerprint density at radius 1 is 1.38 bits per heavy atom. The van der Waals surface area contributed by atoms with E-state index in [0.29, 0.717) is 25.5 Å². The largest absolute Gasteiger partial charge is 0.486 e. The summed E-state index contributed by atoms with van der Waals surface area (Å²) < 4.78 is 11.1. The third-order valence-electron chi connectivity index (χ3n) is 2.78. The average molecular weight is 219 g/mol. The fourth-order valence-corrected chi connectivity index (χ4v) is 1.79. The number of aryl methyl sites for hydroxylation is 1. The van der Waals surface area contributed by atoms with Crippen molar-refractivity contribution in [2.75, 3.05) is 13.2 Å². The normalized spacial score (nSPS) is 13.1. The lowest BCUT2D eigenvalue weighted by Crippen LogP contribution is -2.17. The van der Waals surface area contributed by atoms with Crippen LogP contribution in [0.25, 0.3) is 0 Å². The van der Waals surface area contributed by atoms with E-state index in [1.807, 2.05) is 19.9 Å². The Labute approximate surface area is 93.9 Å². The van der Waals surface area contributed by atoms with E-state index in [-0.39, 0.29) is 0 Å². The monoisotopic (exact) mass is 219 g/mol. The molecule has 2 rings (SSSR count). The van der Waals surface area contributed by atoms with Gasteiger partial charge in [-0.3, -0.25) is 0 Å². The maximum Gasteiger partial charge on any atom is 0.235 e. The van der Waals surface area contributed by atoms with E-state index in [0.717, 1.165) is 22.4 Å². The van der Waals surface area contributed by atoms with Gasteiger partial charge in [0.05, 0.1) is 6.54 Å². The molecule has 1 heterocycles. The zero-order chi connectivity index (χ0) is 11.5. The highest BCUT2D eigenvalue weighted by Crippen LogP contribution is 2.37. The van der Waals surface area contributed by atoms with Crippen molar-refractivity contribution in [3.8, 4) is 11.5 Å². The van der Waals surface area contributed by atoms with Gasteiger partial charge in [-0.2, -0.15) is 0 Å². The lowest BCUT2D eigenvalue weighted by Gasteiger charge is -2.22. The number of hydrogen-bond acceptors (Lipinski definition) is 4. The van der Waals surface area contributed by atoms with Crippen molar-refractivity contribution in [1.29, 1.82) is 0 Å². The molecule has 0 N–H and O–H groups in total. The van der Waals surface area contributed by atoms with Crippen LogP contribution in [0.1, 0.15) is 16.7 Å². The zero-order valence-corrected chi connectivity index (χ0v) is 9.37. The van der Waals surface area contributed by atoms with E-state index in [1.54, 1.807) is 6.08 Å². The van der Waals surface area contributed by atoms with Crippen molar-refractivity contribution in [3.63, 3.8) is 0 Å². The molecule has 0 spiro atoms. The van der Waals surface area contributed by atoms with E-state index in [2.05, 4.69) is 4.99 Å². The Hall–Kier alpha value is -1.80. The van der Waals surface area contributed by atoms with Gasteiger partial charge in [-0.25, -0.2) is 9.79 Å². The second-order valence-corrected chi connectivity index (χ2v) is 3.73. The quantitative estimate of drug-likeness (QED) is 0.564. The third-order valence-corrected chi connectivity index (χ3v) is 2.78. The van der Waals surface area contributed by atoms with E-state index in [4.69, 9.17) is 9.47 Å². The van der Waals surface area contributed by atoms with Crippen LogP contribution in [0.4, 0.5) is 0 Å². The van der Waals surface area contributed by atoms with Crippen molar-refractivity contribution in [2.45, 2.75) is 20.4 Å². The van der Waals surface area contributed by atoms with Gasteiger partial charge in [0.2, 0.25) is 6.08 Å². The van der Waals surface area contributed by atoms with E-state index >= 15 is 0 Å². The van der Waals surface area contributed by atoms with Gasteiger partial charge in [0.25, 0.3) is 0 Å². The SMILES string of the molecule is Cc1cc2c(c(CN=C=O)c1C)OCCO2. The Bertz CT molecular complexity index is 462. The summed E-state index contributed by atoms with van der Waals surface area (Å²) in [4.78, 5) is 13.8. The highest BCUT2D eigenvalue weighted by Gasteiger charge is 2.19. The molecular weight excluding hydrogens is 206 g/mol. The number of nitrogens with zero attached hydrogens (tertiary/aromatic N) is 1. The molecule has 4 nitrogen and oxygen atoms in total. The summed E-state index contributed by atoms with van der Waals surface area (Å²) in [7, 11) is 0. The Morgan fingerprint density at radius 2 is 2.12 bits per heavy atom. The second-order valence-electron chi connectivity index (χ2n) is 3.73. The van der Waals surface area contributed by atoms with Gasteiger partial charge in [-0.1, -0.05) is 0 Å². The van der Waals surface area contributed by atoms with Crippen LogP contribution in [0, 0.1) is 13.8 Å². The number of fused-ring (bicyclic) bond motifs is 1. The first-order valence-electron chi connectivity index (χ1n) is 5.16. The first-order valence-corrected chi connectivity index (χ1v) is 5.16. The van der Waals surface area contributed by atoms with E-state index < -0.39 is 0 Å². The molecule has 1 aliphatic heterocycles. The molecule has 1 aromatic carbocycles. The minimum atomic E-state index is 0.294. The number of aliphatic imine (C=N–C) groups is 1. The molecule has 0 radical (unpaired) electrons. The summed E-state index contributed by atoms with van der Waals surface area (Å²) in [5.74, 6) is 1.46. The van der Waals surface area contributed by atoms with Crippen LogP contribution < -0.4 is 9.47 Å². The topological polar surface area (TPSA) is 47.9 Å². The summed E-state index contributed by atoms with van der Waals surface area (Å²) in [6.07, 6.45) is 1.55. The Balaban J connectivity index is 2.53. The predicted octanol–water partition coefficient (Wildman–Crippen LogP) is 1.91. The van der Waals surface area contributed by atoms with Crippen LogP contribution >= 0.6 is 0 Å². The Kier molecular flexibility index (Phi) is 2.93. The standard InChI is InChI=1S/C12H13NO3/c1-8-5-11-12(16-4-3-15-11)10(9(8)2)6-13-7-14/h5H,3-4,6H2,1-2H3. The van der Waals surface area contributed by atoms with E-state index in [9.17, 15) is 4.79 Å². The number of carbonyl (C=O) groups excluding carboxylic acids is 1. The number of isocyanates is 1. The van der Waals surface area contributed by atoms with Crippen molar-refractivity contribution < 1.29 is 14.3 Å². The highest BCUT2D eigenvalue weighted by molar-refractivity contribution is 5.55. The van der Waals surface area contributed by atoms with Crippen LogP contribution in [0.3, 0.4) is 0 Å². The molecule has 0 atom stereocenters. The molecule has 0 saturated heterocycles. The molecule has 1 aliphatic rings. The minimum Gasteiger partial charge on any atom is -0.486 e. The fraction of sp³-hybridized carbons (Fsp3) is 0.417. The third kappa shape index (κ3) is 1.79. The molecule has 4 heteroatoms. The summed E-state index contributed by atoms with van der Waals surface area (Å²) in [6.45, 7) is 5.38. The van der Waals surface area contributed by atoms with Crippen molar-refractivity contribution in [2.24, 2.45) is 4.99 Å². The van der Waals surface area contributed by atoms with Crippen LogP contribution in [0.5, 0.6) is 11.5 Å². The van der Waals surface area contributed by atoms with Gasteiger partial charge in [-0.15, -0.1) is 0 Å². The lowest BCUT2D eigenvalue weighted by atomic mass is 10.0. The predicted molar refractivity (Wildman–Crippen MR) is 58.7 cm³/mol. The van der Waals surface area contributed by atoms with Gasteiger partial charge in [0.1, 0.15) is 13.2 Å². The maximum atomic E-state index is 10.2. The molecule has 0 amide bonds. The number of ether oxygens (including phenoxy) is 2. The van der Waals surface area contributed by atoms with Gasteiger partial charge in [0, 0.05) is 5.56 Å². The number of hydrogen-bond donors (Lipinski definition) is 0. The summed E-state index contributed by atoms with van der Waals surface area (Å²) in [5.41, 5.74) is 3.11. The molecular formula is C12H13NO3. The molecule has 16 heavy (non-hydrogen) atoms. The first kappa shape index (κ1) is 10.7. The number of rotatable bonds is 2. The van der Waals surface area contributed by atoms with Crippen molar-refractivity contribution >= 4 is 6.08 Å².